The van der Waals surface area contributed by atoms with Crippen molar-refractivity contribution in [1.82, 2.24) is 9.88 Å². The predicted molar refractivity (Wildman–Crippen MR) is 154 cm³/mol. The van der Waals surface area contributed by atoms with Gasteiger partial charge in [0.2, 0.25) is 0 Å². The van der Waals surface area contributed by atoms with Crippen molar-refractivity contribution in [3.8, 4) is 11.5 Å². The van der Waals surface area contributed by atoms with Gasteiger partial charge >= 0.3 is 6.09 Å². The van der Waals surface area contributed by atoms with Crippen LogP contribution in [0.3, 0.4) is 0 Å². The van der Waals surface area contributed by atoms with Gasteiger partial charge in [-0.05, 0) is 86.0 Å². The SMILES string of the molecule is CC1(C)OCC(CCOc2ccc(C3c4[nH]c5ccc(Cl)cc5c4CCN3C(=O)Oc3ccc(Cl)cc3)cc2)O1. The molecule has 3 aromatic carbocycles. The molecule has 7 nitrogen and oxygen atoms in total. The monoisotopic (exact) mass is 580 g/mol. The van der Waals surface area contributed by atoms with Crippen LogP contribution in [0.5, 0.6) is 11.5 Å². The zero-order valence-electron chi connectivity index (χ0n) is 22.3. The van der Waals surface area contributed by atoms with Gasteiger partial charge in [-0.1, -0.05) is 35.3 Å². The molecule has 40 heavy (non-hydrogen) atoms. The molecular formula is C31H30Cl2N2O5. The van der Waals surface area contributed by atoms with Crippen molar-refractivity contribution in [3.63, 3.8) is 0 Å². The first kappa shape index (κ1) is 27.0. The molecule has 3 heterocycles. The average molecular weight is 581 g/mol. The maximum Gasteiger partial charge on any atom is 0.416 e. The van der Waals surface area contributed by atoms with Crippen LogP contribution in [0.1, 0.15) is 43.1 Å². The molecule has 1 aromatic heterocycles. The minimum absolute atomic E-state index is 0.0191. The molecule has 208 valence electrons. The number of ether oxygens (including phenoxy) is 4. The summed E-state index contributed by atoms with van der Waals surface area (Å²) in [4.78, 5) is 18.8. The second-order valence-electron chi connectivity index (χ2n) is 10.5. The van der Waals surface area contributed by atoms with Crippen LogP contribution in [-0.4, -0.2) is 47.6 Å². The highest BCUT2D eigenvalue weighted by molar-refractivity contribution is 6.31. The number of nitrogens with zero attached hydrogens (tertiary/aromatic N) is 1. The molecular weight excluding hydrogens is 551 g/mol. The summed E-state index contributed by atoms with van der Waals surface area (Å²) in [6.07, 6.45) is 0.994. The number of amides is 1. The molecule has 0 aliphatic carbocycles. The first-order valence-electron chi connectivity index (χ1n) is 13.3. The quantitative estimate of drug-likeness (QED) is 0.255. The zero-order chi connectivity index (χ0) is 27.9. The normalized spacial score (nSPS) is 19.9. The number of hydrogen-bond donors (Lipinski definition) is 1. The predicted octanol–water partition coefficient (Wildman–Crippen LogP) is 7.54. The second kappa shape index (κ2) is 11.0. The van der Waals surface area contributed by atoms with Crippen LogP contribution in [0.15, 0.2) is 66.7 Å². The standard InChI is InChI=1S/C31H30Cl2N2O5/c1-31(2)38-18-24(40-31)14-16-37-22-8-3-19(4-9-22)29-28-25(26-17-21(33)7-12-27(26)34-28)13-15-35(29)30(36)39-23-10-5-20(32)6-11-23/h3-12,17,24,29,34H,13-16,18H2,1-2H3. The molecule has 0 radical (unpaired) electrons. The van der Waals surface area contributed by atoms with Gasteiger partial charge in [0.1, 0.15) is 17.5 Å². The number of benzene rings is 3. The first-order valence-corrected chi connectivity index (χ1v) is 14.1. The Hall–Kier alpha value is -3.23. The molecule has 2 aliphatic rings. The summed E-state index contributed by atoms with van der Waals surface area (Å²) < 4.78 is 23.2. The Labute approximate surface area is 242 Å². The lowest BCUT2D eigenvalue weighted by Crippen LogP contribution is -2.42. The molecule has 6 rings (SSSR count). The Kier molecular flexibility index (Phi) is 7.40. The van der Waals surface area contributed by atoms with E-state index in [2.05, 4.69) is 4.98 Å². The van der Waals surface area contributed by atoms with Crippen LogP contribution in [0.4, 0.5) is 4.79 Å². The number of fused-ring (bicyclic) bond motifs is 3. The van der Waals surface area contributed by atoms with Crippen LogP contribution in [0, 0.1) is 0 Å². The van der Waals surface area contributed by atoms with Gasteiger partial charge in [0, 0.05) is 39.6 Å². The van der Waals surface area contributed by atoms with Crippen molar-refractivity contribution in [3.05, 3.63) is 93.6 Å². The summed E-state index contributed by atoms with van der Waals surface area (Å²) >= 11 is 12.3. The lowest BCUT2D eigenvalue weighted by Gasteiger charge is -2.35. The Bertz CT molecular complexity index is 1520. The Morgan fingerprint density at radius 2 is 1.75 bits per heavy atom. The van der Waals surface area contributed by atoms with E-state index in [9.17, 15) is 4.79 Å². The van der Waals surface area contributed by atoms with Gasteiger partial charge in [0.15, 0.2) is 5.79 Å². The lowest BCUT2D eigenvalue weighted by molar-refractivity contribution is -0.139. The van der Waals surface area contributed by atoms with Crippen LogP contribution < -0.4 is 9.47 Å². The van der Waals surface area contributed by atoms with Crippen LogP contribution >= 0.6 is 23.2 Å². The maximum absolute atomic E-state index is 13.5. The number of carbonyl (C=O) groups excluding carboxylic acids is 1. The molecule has 9 heteroatoms. The molecule has 4 aromatic rings. The fourth-order valence-electron chi connectivity index (χ4n) is 5.43. The van der Waals surface area contributed by atoms with Crippen LogP contribution in [0.25, 0.3) is 10.9 Å². The van der Waals surface area contributed by atoms with Gasteiger partial charge in [-0.2, -0.15) is 0 Å². The molecule has 2 aliphatic heterocycles. The summed E-state index contributed by atoms with van der Waals surface area (Å²) in [7, 11) is 0. The van der Waals surface area contributed by atoms with Crippen LogP contribution in [0.2, 0.25) is 10.0 Å². The maximum atomic E-state index is 13.5. The molecule has 0 spiro atoms. The zero-order valence-corrected chi connectivity index (χ0v) is 23.8. The Balaban J connectivity index is 1.25. The van der Waals surface area contributed by atoms with Crippen molar-refractivity contribution in [2.45, 2.75) is 44.6 Å². The number of H-pyrrole nitrogens is 1. The topological polar surface area (TPSA) is 73.0 Å². The van der Waals surface area contributed by atoms with Crippen molar-refractivity contribution < 1.29 is 23.7 Å². The van der Waals surface area contributed by atoms with E-state index >= 15 is 0 Å². The van der Waals surface area contributed by atoms with Crippen LogP contribution in [-0.2, 0) is 15.9 Å². The van der Waals surface area contributed by atoms with Crippen molar-refractivity contribution in [2.24, 2.45) is 0 Å². The Morgan fingerprint density at radius 1 is 1.02 bits per heavy atom. The summed E-state index contributed by atoms with van der Waals surface area (Å²) in [5, 5.41) is 2.32. The van der Waals surface area contributed by atoms with Crippen molar-refractivity contribution in [2.75, 3.05) is 19.8 Å². The summed E-state index contributed by atoms with van der Waals surface area (Å²) in [5.41, 5.74) is 4.02. The molecule has 0 saturated carbocycles. The lowest BCUT2D eigenvalue weighted by atomic mass is 9.92. The van der Waals surface area contributed by atoms with E-state index in [0.29, 0.717) is 42.0 Å². The number of aromatic amines is 1. The number of nitrogens with one attached hydrogen (secondary N) is 1. The Morgan fingerprint density at radius 3 is 2.48 bits per heavy atom. The second-order valence-corrected chi connectivity index (χ2v) is 11.4. The number of hydrogen-bond acceptors (Lipinski definition) is 5. The molecule has 1 fully saturated rings. The van der Waals surface area contributed by atoms with E-state index < -0.39 is 11.9 Å². The minimum Gasteiger partial charge on any atom is -0.493 e. The number of aromatic nitrogens is 1. The summed E-state index contributed by atoms with van der Waals surface area (Å²) in [6.45, 7) is 5.40. The fourth-order valence-corrected chi connectivity index (χ4v) is 5.72. The molecule has 2 unspecified atom stereocenters. The third-order valence-electron chi connectivity index (χ3n) is 7.31. The van der Waals surface area contributed by atoms with Gasteiger partial charge in [-0.15, -0.1) is 0 Å². The highest BCUT2D eigenvalue weighted by Gasteiger charge is 2.36. The number of rotatable bonds is 6. The molecule has 1 N–H and O–H groups in total. The largest absolute Gasteiger partial charge is 0.493 e. The highest BCUT2D eigenvalue weighted by Crippen LogP contribution is 2.40. The van der Waals surface area contributed by atoms with Crippen molar-refractivity contribution >= 4 is 40.2 Å². The number of halogens is 2. The van der Waals surface area contributed by atoms with E-state index in [-0.39, 0.29) is 12.1 Å². The van der Waals surface area contributed by atoms with Gasteiger partial charge in [0.25, 0.3) is 0 Å². The van der Waals surface area contributed by atoms with E-state index in [1.165, 1.54) is 0 Å². The average Bonchev–Trinajstić information content (AvgIpc) is 3.48. The number of carbonyl (C=O) groups is 1. The molecule has 2 atom stereocenters. The third kappa shape index (κ3) is 5.65. The van der Waals surface area contributed by atoms with Crippen molar-refractivity contribution in [1.29, 1.82) is 0 Å². The van der Waals surface area contributed by atoms with E-state index in [1.54, 1.807) is 29.2 Å². The third-order valence-corrected chi connectivity index (χ3v) is 7.80. The van der Waals surface area contributed by atoms with E-state index in [1.807, 2.05) is 56.3 Å². The van der Waals surface area contributed by atoms with Gasteiger partial charge in [0.05, 0.1) is 19.3 Å². The van der Waals surface area contributed by atoms with Gasteiger partial charge in [-0.3, -0.25) is 4.90 Å². The molecule has 1 amide bonds. The minimum atomic E-state index is -0.542. The highest BCUT2D eigenvalue weighted by atomic mass is 35.5. The van der Waals surface area contributed by atoms with Gasteiger partial charge < -0.3 is 23.9 Å². The first-order chi connectivity index (χ1) is 19.3. The summed E-state index contributed by atoms with van der Waals surface area (Å²) in [5.74, 6) is 0.641. The molecule has 1 saturated heterocycles. The fraction of sp³-hybridized carbons (Fsp3) is 0.323. The summed E-state index contributed by atoms with van der Waals surface area (Å²) in [6, 6.07) is 20.1. The molecule has 0 bridgehead atoms. The smallest absolute Gasteiger partial charge is 0.416 e. The van der Waals surface area contributed by atoms with E-state index in [0.717, 1.165) is 39.9 Å². The van der Waals surface area contributed by atoms with E-state index in [4.69, 9.17) is 42.1 Å². The van der Waals surface area contributed by atoms with Gasteiger partial charge in [-0.25, -0.2) is 4.79 Å².